The molecule has 0 aliphatic heterocycles. The van der Waals surface area contributed by atoms with Crippen LogP contribution in [0.1, 0.15) is 44.4 Å². The first-order valence-electron chi connectivity index (χ1n) is 8.30. The Hall–Kier alpha value is -1.87. The lowest BCUT2D eigenvalue weighted by molar-refractivity contribution is -0.129. The van der Waals surface area contributed by atoms with Crippen molar-refractivity contribution >= 4 is 17.3 Å². The summed E-state index contributed by atoms with van der Waals surface area (Å²) in [5, 5.41) is 0. The van der Waals surface area contributed by atoms with E-state index < -0.39 is 0 Å². The van der Waals surface area contributed by atoms with Gasteiger partial charge in [0.1, 0.15) is 5.75 Å². The number of rotatable bonds is 8. The van der Waals surface area contributed by atoms with Gasteiger partial charge in [0, 0.05) is 15.8 Å². The Balaban J connectivity index is 1.96. The predicted molar refractivity (Wildman–Crippen MR) is 98.1 cm³/mol. The number of carbonyl (C=O) groups excluding carboxylic acids is 1. The van der Waals surface area contributed by atoms with E-state index in [1.165, 1.54) is 34.2 Å². The minimum atomic E-state index is -0.316. The van der Waals surface area contributed by atoms with Gasteiger partial charge in [0.05, 0.1) is 0 Å². The molecule has 2 rings (SSSR count). The molecule has 1 aromatic carbocycles. The molecule has 2 nitrogen and oxygen atoms in total. The van der Waals surface area contributed by atoms with Crippen LogP contribution in [0.5, 0.6) is 5.75 Å². The number of benzene rings is 1. The summed E-state index contributed by atoms with van der Waals surface area (Å²) in [4.78, 5) is 14.3. The maximum Gasteiger partial charge on any atom is 0.335 e. The highest BCUT2D eigenvalue weighted by Gasteiger charge is 2.05. The third-order valence-electron chi connectivity index (χ3n) is 3.50. The second-order valence-electron chi connectivity index (χ2n) is 5.51. The molecule has 0 atom stereocenters. The van der Waals surface area contributed by atoms with Gasteiger partial charge in [0.25, 0.3) is 0 Å². The summed E-state index contributed by atoms with van der Waals surface area (Å²) in [5.74, 6) is 0.270. The summed E-state index contributed by atoms with van der Waals surface area (Å²) >= 11 is 1.84. The van der Waals surface area contributed by atoms with Crippen molar-refractivity contribution in [2.75, 3.05) is 0 Å². The minimum absolute atomic E-state index is 0.316. The molecule has 0 N–H and O–H groups in total. The first-order valence-corrected chi connectivity index (χ1v) is 9.12. The van der Waals surface area contributed by atoms with Crippen LogP contribution in [0.3, 0.4) is 0 Å². The van der Waals surface area contributed by atoms with Crippen LogP contribution < -0.4 is 4.74 Å². The van der Waals surface area contributed by atoms with Crippen LogP contribution >= 0.6 is 11.3 Å². The van der Waals surface area contributed by atoms with Crippen molar-refractivity contribution in [3.63, 3.8) is 0 Å². The summed E-state index contributed by atoms with van der Waals surface area (Å²) in [5.41, 5.74) is 1.17. The van der Waals surface area contributed by atoms with Crippen molar-refractivity contribution in [2.24, 2.45) is 0 Å². The maximum atomic E-state index is 11.6. The predicted octanol–water partition coefficient (Wildman–Crippen LogP) is 6.02. The van der Waals surface area contributed by atoms with E-state index in [0.717, 1.165) is 19.3 Å². The summed E-state index contributed by atoms with van der Waals surface area (Å²) in [7, 11) is 0. The molecule has 1 aromatic heterocycles. The highest BCUT2D eigenvalue weighted by atomic mass is 32.1. The first-order chi connectivity index (χ1) is 11.2. The quantitative estimate of drug-likeness (QED) is 0.336. The zero-order valence-electron chi connectivity index (χ0n) is 13.9. The van der Waals surface area contributed by atoms with Crippen LogP contribution in [0.4, 0.5) is 0 Å². The van der Waals surface area contributed by atoms with E-state index in [9.17, 15) is 4.79 Å². The highest BCUT2D eigenvalue weighted by molar-refractivity contribution is 7.15. The monoisotopic (exact) mass is 328 g/mol. The molecule has 1 heterocycles. The van der Waals surface area contributed by atoms with E-state index in [1.54, 1.807) is 0 Å². The van der Waals surface area contributed by atoms with Gasteiger partial charge < -0.3 is 4.74 Å². The molecule has 0 amide bonds. The van der Waals surface area contributed by atoms with Crippen LogP contribution in [0.15, 0.2) is 48.6 Å². The molecule has 0 aliphatic rings. The number of esters is 1. The Morgan fingerprint density at radius 3 is 2.57 bits per heavy atom. The Labute approximate surface area is 142 Å². The molecule has 3 heteroatoms. The number of carbonyl (C=O) groups is 1. The van der Waals surface area contributed by atoms with Crippen molar-refractivity contribution in [3.05, 3.63) is 53.4 Å². The smallest absolute Gasteiger partial charge is 0.335 e. The molecule has 0 radical (unpaired) electrons. The van der Waals surface area contributed by atoms with E-state index in [0.29, 0.717) is 5.75 Å². The molecule has 0 unspecified atom stereocenters. The number of hydrogen-bond acceptors (Lipinski definition) is 3. The number of hydrogen-bond donors (Lipinski definition) is 0. The van der Waals surface area contributed by atoms with Crippen LogP contribution in [0, 0.1) is 0 Å². The average molecular weight is 328 g/mol. The van der Waals surface area contributed by atoms with E-state index in [-0.39, 0.29) is 5.97 Å². The largest absolute Gasteiger partial charge is 0.423 e. The zero-order valence-corrected chi connectivity index (χ0v) is 14.7. The van der Waals surface area contributed by atoms with Gasteiger partial charge in [0.15, 0.2) is 0 Å². The fourth-order valence-corrected chi connectivity index (χ4v) is 3.26. The molecular formula is C20H24O2S. The van der Waals surface area contributed by atoms with Gasteiger partial charge in [-0.1, -0.05) is 32.8 Å². The van der Waals surface area contributed by atoms with Gasteiger partial charge in [-0.15, -0.1) is 11.3 Å². The molecule has 122 valence electrons. The van der Waals surface area contributed by atoms with Crippen LogP contribution in [0.25, 0.3) is 10.4 Å². The van der Waals surface area contributed by atoms with Gasteiger partial charge in [-0.05, 0) is 61.2 Å². The number of ether oxygens (including phenoxy) is 1. The molecule has 0 saturated carbocycles. The lowest BCUT2D eigenvalue weighted by Gasteiger charge is -2.03. The molecule has 0 fully saturated rings. The molecule has 0 spiro atoms. The number of aryl methyl sites for hydroxylation is 1. The van der Waals surface area contributed by atoms with Crippen LogP contribution in [0.2, 0.25) is 0 Å². The third-order valence-corrected chi connectivity index (χ3v) is 4.70. The summed E-state index contributed by atoms with van der Waals surface area (Å²) in [6, 6.07) is 12.1. The van der Waals surface area contributed by atoms with Crippen molar-refractivity contribution in [1.29, 1.82) is 0 Å². The average Bonchev–Trinajstić information content (AvgIpc) is 3.03. The van der Waals surface area contributed by atoms with Crippen molar-refractivity contribution in [1.82, 2.24) is 0 Å². The lowest BCUT2D eigenvalue weighted by atomic mass is 10.2. The summed E-state index contributed by atoms with van der Waals surface area (Å²) < 4.78 is 5.29. The van der Waals surface area contributed by atoms with Gasteiger partial charge >= 0.3 is 5.97 Å². The maximum absolute atomic E-state index is 11.6. The van der Waals surface area contributed by atoms with Gasteiger partial charge in [-0.25, -0.2) is 4.79 Å². The van der Waals surface area contributed by atoms with E-state index in [2.05, 4.69) is 26.0 Å². The SMILES string of the molecule is CCCC=CC(=O)Oc1ccc(-c2ccc(CCCC)s2)cc1. The molecule has 2 aromatic rings. The van der Waals surface area contributed by atoms with E-state index >= 15 is 0 Å². The van der Waals surface area contributed by atoms with Crippen molar-refractivity contribution in [2.45, 2.75) is 46.0 Å². The molecular weight excluding hydrogens is 304 g/mol. The lowest BCUT2D eigenvalue weighted by Crippen LogP contribution is -2.03. The van der Waals surface area contributed by atoms with Gasteiger partial charge in [-0.2, -0.15) is 0 Å². The fourth-order valence-electron chi connectivity index (χ4n) is 2.20. The Morgan fingerprint density at radius 2 is 1.87 bits per heavy atom. The molecule has 23 heavy (non-hydrogen) atoms. The second kappa shape index (κ2) is 9.31. The molecule has 0 bridgehead atoms. The third kappa shape index (κ3) is 5.68. The molecule has 0 aliphatic carbocycles. The molecule has 0 saturated heterocycles. The standard InChI is InChI=1S/C20H24O2S/c1-3-5-7-9-20(21)22-17-12-10-16(11-13-17)19-15-14-18(23-19)8-6-4-2/h7,9-15H,3-6,8H2,1-2H3. The summed E-state index contributed by atoms with van der Waals surface area (Å²) in [6.45, 7) is 4.29. The summed E-state index contributed by atoms with van der Waals surface area (Å²) in [6.07, 6.45) is 8.88. The Kier molecular flexibility index (Phi) is 7.08. The Morgan fingerprint density at radius 1 is 1.09 bits per heavy atom. The van der Waals surface area contributed by atoms with Gasteiger partial charge in [0.2, 0.25) is 0 Å². The minimum Gasteiger partial charge on any atom is -0.423 e. The van der Waals surface area contributed by atoms with Crippen molar-refractivity contribution < 1.29 is 9.53 Å². The number of thiophene rings is 1. The van der Waals surface area contributed by atoms with Crippen molar-refractivity contribution in [3.8, 4) is 16.2 Å². The normalized spacial score (nSPS) is 11.0. The number of unbranched alkanes of at least 4 members (excludes halogenated alkanes) is 2. The van der Waals surface area contributed by atoms with Crippen LogP contribution in [-0.4, -0.2) is 5.97 Å². The second-order valence-corrected chi connectivity index (χ2v) is 6.67. The topological polar surface area (TPSA) is 26.3 Å². The van der Waals surface area contributed by atoms with E-state index in [1.807, 2.05) is 41.7 Å². The fraction of sp³-hybridized carbons (Fsp3) is 0.350. The highest BCUT2D eigenvalue weighted by Crippen LogP contribution is 2.30. The number of allylic oxidation sites excluding steroid dienone is 1. The Bertz CT molecular complexity index is 638. The first kappa shape index (κ1) is 17.5. The van der Waals surface area contributed by atoms with E-state index in [4.69, 9.17) is 4.74 Å². The zero-order chi connectivity index (χ0) is 16.5. The van der Waals surface area contributed by atoms with Gasteiger partial charge in [-0.3, -0.25) is 0 Å². The van der Waals surface area contributed by atoms with Crippen LogP contribution in [-0.2, 0) is 11.2 Å².